The van der Waals surface area contributed by atoms with Crippen LogP contribution < -0.4 is 14.9 Å². The summed E-state index contributed by atoms with van der Waals surface area (Å²) in [6.45, 7) is 0.129. The normalized spacial score (nSPS) is 12.3. The summed E-state index contributed by atoms with van der Waals surface area (Å²) in [6.07, 6.45) is -3.71. The summed E-state index contributed by atoms with van der Waals surface area (Å²) in [7, 11) is -2.06. The molecule has 0 bridgehead atoms. The van der Waals surface area contributed by atoms with E-state index in [0.29, 0.717) is 6.07 Å². The molecule has 0 aliphatic carbocycles. The van der Waals surface area contributed by atoms with Gasteiger partial charge < -0.3 is 4.74 Å². The number of nitrogens with zero attached hydrogens (tertiary/aromatic N) is 2. The van der Waals surface area contributed by atoms with Crippen molar-refractivity contribution < 1.29 is 30.7 Å². The first-order valence-electron chi connectivity index (χ1n) is 9.32. The number of aryl methyl sites for hydroxylation is 1. The maximum Gasteiger partial charge on any atom is 0.419 e. The molecule has 172 valence electrons. The lowest BCUT2D eigenvalue weighted by molar-refractivity contribution is -0.139. The van der Waals surface area contributed by atoms with Crippen molar-refractivity contribution in [1.29, 1.82) is 0 Å². The fourth-order valence-electron chi connectivity index (χ4n) is 3.24. The average Bonchev–Trinajstić information content (AvgIpc) is 2.71. The minimum absolute atomic E-state index is 0.0521. The molecule has 0 amide bonds. The zero-order chi connectivity index (χ0) is 23.7. The van der Waals surface area contributed by atoms with Crippen LogP contribution in [-0.4, -0.2) is 38.1 Å². The molecule has 0 atom stereocenters. The van der Waals surface area contributed by atoms with E-state index in [9.17, 15) is 30.8 Å². The molecule has 32 heavy (non-hydrogen) atoms. The lowest BCUT2D eigenvalue weighted by atomic mass is 10.0. The Morgan fingerprint density at radius 2 is 1.84 bits per heavy atom. The highest BCUT2D eigenvalue weighted by atomic mass is 32.2. The number of benzene rings is 2. The molecule has 0 saturated heterocycles. The Kier molecular flexibility index (Phi) is 6.56. The monoisotopic (exact) mass is 473 g/mol. The number of fused-ring (bicyclic) bond motifs is 1. The summed E-state index contributed by atoms with van der Waals surface area (Å²) in [5.74, 6) is -1.32. The summed E-state index contributed by atoms with van der Waals surface area (Å²) in [4.78, 5) is 13.1. The molecule has 1 N–H and O–H groups in total. The van der Waals surface area contributed by atoms with Crippen molar-refractivity contribution in [3.8, 4) is 17.0 Å². The van der Waals surface area contributed by atoms with Gasteiger partial charge in [0.2, 0.25) is 15.5 Å². The molecule has 0 radical (unpaired) electrons. The van der Waals surface area contributed by atoms with E-state index in [1.54, 1.807) is 6.07 Å². The van der Waals surface area contributed by atoms with E-state index in [1.807, 2.05) is 0 Å². The molecule has 1 heterocycles. The number of nitrogens with one attached hydrogen (secondary N) is 1. The largest absolute Gasteiger partial charge is 0.494 e. The second-order valence-electron chi connectivity index (χ2n) is 6.94. The van der Waals surface area contributed by atoms with Crippen LogP contribution >= 0.6 is 0 Å². The summed E-state index contributed by atoms with van der Waals surface area (Å²) < 4.78 is 85.6. The van der Waals surface area contributed by atoms with Crippen LogP contribution in [0.2, 0.25) is 0 Å². The Hall–Kier alpha value is -2.99. The lowest BCUT2D eigenvalue weighted by Crippen LogP contribution is -2.25. The molecule has 0 aliphatic rings. The van der Waals surface area contributed by atoms with Crippen molar-refractivity contribution in [2.24, 2.45) is 0 Å². The Morgan fingerprint density at radius 3 is 2.47 bits per heavy atom. The standard InChI is InChI=1S/C20H19F4N3O4S/c1-31-15-9-4-7-13-18(15)27(11-5-10-25-32(2,29)30)26-17(19(13)28)12-6-3-8-14(16(12)21)20(22,23)24/h3-4,6-9,25H,5,10-11H2,1-2H3. The molecule has 0 aliphatic heterocycles. The van der Waals surface area contributed by atoms with E-state index < -0.39 is 44.3 Å². The highest BCUT2D eigenvalue weighted by Gasteiger charge is 2.35. The Labute approximate surface area is 180 Å². The third kappa shape index (κ3) is 4.91. The number of sulfonamides is 1. The Bertz CT molecular complexity index is 1320. The van der Waals surface area contributed by atoms with E-state index in [1.165, 1.54) is 23.9 Å². The van der Waals surface area contributed by atoms with Crippen LogP contribution in [0.3, 0.4) is 0 Å². The van der Waals surface area contributed by atoms with Crippen LogP contribution in [-0.2, 0) is 22.7 Å². The van der Waals surface area contributed by atoms with Gasteiger partial charge >= 0.3 is 6.18 Å². The van der Waals surface area contributed by atoms with Crippen molar-refractivity contribution in [2.75, 3.05) is 19.9 Å². The molecular formula is C20H19F4N3O4S. The van der Waals surface area contributed by atoms with Crippen molar-refractivity contribution in [3.05, 3.63) is 58.0 Å². The molecular weight excluding hydrogens is 454 g/mol. The van der Waals surface area contributed by atoms with Gasteiger partial charge in [-0.25, -0.2) is 17.5 Å². The van der Waals surface area contributed by atoms with Crippen LogP contribution in [0.15, 0.2) is 41.2 Å². The maximum atomic E-state index is 14.7. The zero-order valence-corrected chi connectivity index (χ0v) is 17.8. The number of ether oxygens (including phenoxy) is 1. The number of rotatable bonds is 7. The van der Waals surface area contributed by atoms with Crippen LogP contribution in [0.5, 0.6) is 5.75 Å². The van der Waals surface area contributed by atoms with Crippen molar-refractivity contribution in [1.82, 2.24) is 14.5 Å². The molecule has 0 fully saturated rings. The van der Waals surface area contributed by atoms with E-state index >= 15 is 0 Å². The molecule has 0 saturated carbocycles. The minimum Gasteiger partial charge on any atom is -0.494 e. The third-order valence-corrected chi connectivity index (χ3v) is 5.36. The van der Waals surface area contributed by atoms with E-state index in [4.69, 9.17) is 4.74 Å². The second-order valence-corrected chi connectivity index (χ2v) is 8.78. The molecule has 1 aromatic heterocycles. The summed E-state index contributed by atoms with van der Waals surface area (Å²) in [5, 5.41) is 4.21. The zero-order valence-electron chi connectivity index (χ0n) is 17.0. The fourth-order valence-corrected chi connectivity index (χ4v) is 3.75. The van der Waals surface area contributed by atoms with E-state index in [-0.39, 0.29) is 36.2 Å². The number of methoxy groups -OCH3 is 1. The predicted molar refractivity (Wildman–Crippen MR) is 110 cm³/mol. The summed E-state index contributed by atoms with van der Waals surface area (Å²) in [6, 6.07) is 7.15. The SMILES string of the molecule is COc1cccc2c(=O)c(-c3cccc(C(F)(F)F)c3F)nn(CCCNS(C)(=O)=O)c12. The van der Waals surface area contributed by atoms with E-state index in [0.717, 1.165) is 18.4 Å². The van der Waals surface area contributed by atoms with Crippen molar-refractivity contribution in [2.45, 2.75) is 19.1 Å². The fraction of sp³-hybridized carbons (Fsp3) is 0.300. The van der Waals surface area contributed by atoms with Crippen LogP contribution in [0.1, 0.15) is 12.0 Å². The van der Waals surface area contributed by atoms with Gasteiger partial charge in [-0.3, -0.25) is 9.48 Å². The molecule has 2 aromatic carbocycles. The highest BCUT2D eigenvalue weighted by molar-refractivity contribution is 7.88. The third-order valence-electron chi connectivity index (χ3n) is 4.63. The molecule has 3 aromatic rings. The summed E-state index contributed by atoms with van der Waals surface area (Å²) >= 11 is 0. The number of para-hydroxylation sites is 1. The topological polar surface area (TPSA) is 90.3 Å². The maximum absolute atomic E-state index is 14.7. The van der Waals surface area contributed by atoms with Crippen LogP contribution in [0, 0.1) is 5.82 Å². The molecule has 12 heteroatoms. The number of hydrogen-bond donors (Lipinski definition) is 1. The van der Waals surface area contributed by atoms with Crippen molar-refractivity contribution in [3.63, 3.8) is 0 Å². The van der Waals surface area contributed by atoms with Gasteiger partial charge in [-0.1, -0.05) is 12.1 Å². The van der Waals surface area contributed by atoms with E-state index in [2.05, 4.69) is 9.82 Å². The average molecular weight is 473 g/mol. The van der Waals surface area contributed by atoms with Gasteiger partial charge in [0.25, 0.3) is 0 Å². The van der Waals surface area contributed by atoms with Gasteiger partial charge in [-0.15, -0.1) is 0 Å². The van der Waals surface area contributed by atoms with Crippen molar-refractivity contribution >= 4 is 20.9 Å². The first-order valence-corrected chi connectivity index (χ1v) is 11.2. The number of alkyl halides is 3. The second kappa shape index (κ2) is 8.87. The van der Waals surface area contributed by atoms with Gasteiger partial charge in [-0.05, 0) is 30.7 Å². The number of aromatic nitrogens is 2. The van der Waals surface area contributed by atoms with Gasteiger partial charge in [0.05, 0.1) is 24.3 Å². The quantitative estimate of drug-likeness (QED) is 0.421. The number of hydrogen-bond acceptors (Lipinski definition) is 5. The molecule has 7 nitrogen and oxygen atoms in total. The lowest BCUT2D eigenvalue weighted by Gasteiger charge is -2.16. The van der Waals surface area contributed by atoms with Gasteiger partial charge in [0, 0.05) is 18.7 Å². The Morgan fingerprint density at radius 1 is 1.16 bits per heavy atom. The van der Waals surface area contributed by atoms with Gasteiger partial charge in [0.15, 0.2) is 0 Å². The molecule has 0 spiro atoms. The van der Waals surface area contributed by atoms with Crippen LogP contribution in [0.25, 0.3) is 22.2 Å². The highest BCUT2D eigenvalue weighted by Crippen LogP contribution is 2.35. The Balaban J connectivity index is 2.19. The first-order chi connectivity index (χ1) is 14.9. The predicted octanol–water partition coefficient (Wildman–Crippen LogP) is 3.17. The smallest absolute Gasteiger partial charge is 0.419 e. The van der Waals surface area contributed by atoms with Gasteiger partial charge in [0.1, 0.15) is 22.8 Å². The summed E-state index contributed by atoms with van der Waals surface area (Å²) in [5.41, 5.74) is -3.09. The first kappa shape index (κ1) is 23.7. The number of halogens is 4. The molecule has 3 rings (SSSR count). The molecule has 0 unspecified atom stereocenters. The van der Waals surface area contributed by atoms with Gasteiger partial charge in [-0.2, -0.15) is 18.3 Å². The van der Waals surface area contributed by atoms with Crippen LogP contribution in [0.4, 0.5) is 17.6 Å². The minimum atomic E-state index is -4.95.